The van der Waals surface area contributed by atoms with Crippen molar-refractivity contribution in [3.63, 3.8) is 0 Å². The van der Waals surface area contributed by atoms with Crippen LogP contribution in [0.4, 0.5) is 5.69 Å². The molecule has 0 N–H and O–H groups in total. The first kappa shape index (κ1) is 12.5. The average molecular weight is 308 g/mol. The normalized spacial score (nSPS) is 21.9. The van der Waals surface area contributed by atoms with Crippen molar-refractivity contribution < 1.29 is 0 Å². The van der Waals surface area contributed by atoms with E-state index < -0.39 is 0 Å². The molecule has 1 aliphatic heterocycles. The van der Waals surface area contributed by atoms with Crippen molar-refractivity contribution in [2.75, 3.05) is 23.3 Å². The number of anilines is 1. The molecule has 1 heterocycles. The molecule has 1 aromatic carbocycles. The Morgan fingerprint density at radius 3 is 2.67 bits per heavy atom. The molecule has 1 aliphatic carbocycles. The van der Waals surface area contributed by atoms with E-state index in [1.165, 1.54) is 62.6 Å². The molecule has 0 amide bonds. The topological polar surface area (TPSA) is 3.24 Å². The van der Waals surface area contributed by atoms with Crippen LogP contribution in [0.5, 0.6) is 0 Å². The monoisotopic (exact) mass is 307 g/mol. The van der Waals surface area contributed by atoms with Gasteiger partial charge < -0.3 is 4.90 Å². The summed E-state index contributed by atoms with van der Waals surface area (Å²) in [6, 6.07) is 9.02. The van der Waals surface area contributed by atoms with Crippen LogP contribution in [0.25, 0.3) is 0 Å². The largest absolute Gasteiger partial charge is 0.371 e. The van der Waals surface area contributed by atoms with Crippen LogP contribution in [-0.4, -0.2) is 18.4 Å². The molecule has 2 aliphatic rings. The van der Waals surface area contributed by atoms with Gasteiger partial charge in [-0.2, -0.15) is 0 Å². The summed E-state index contributed by atoms with van der Waals surface area (Å²) >= 11 is 3.74. The molecule has 1 saturated carbocycles. The summed E-state index contributed by atoms with van der Waals surface area (Å²) < 4.78 is 0. The number of rotatable bonds is 3. The molecule has 2 heteroatoms. The van der Waals surface area contributed by atoms with Crippen molar-refractivity contribution in [3.8, 4) is 0 Å². The zero-order valence-corrected chi connectivity index (χ0v) is 12.6. The van der Waals surface area contributed by atoms with Crippen molar-refractivity contribution in [1.82, 2.24) is 0 Å². The van der Waals surface area contributed by atoms with Gasteiger partial charge in [0, 0.05) is 24.1 Å². The van der Waals surface area contributed by atoms with Crippen molar-refractivity contribution in [1.29, 1.82) is 0 Å². The summed E-state index contributed by atoms with van der Waals surface area (Å²) in [6.07, 6.45) is 8.16. The van der Waals surface area contributed by atoms with E-state index in [9.17, 15) is 0 Å². The lowest BCUT2D eigenvalue weighted by atomic mass is 9.70. The van der Waals surface area contributed by atoms with Gasteiger partial charge in [0.2, 0.25) is 0 Å². The molecule has 0 spiro atoms. The third-order valence-corrected chi connectivity index (χ3v) is 5.87. The Morgan fingerprint density at radius 1 is 1.11 bits per heavy atom. The lowest BCUT2D eigenvalue weighted by molar-refractivity contribution is 0.177. The van der Waals surface area contributed by atoms with Gasteiger partial charge in [-0.1, -0.05) is 40.5 Å². The molecule has 1 fully saturated rings. The zero-order chi connectivity index (χ0) is 12.4. The molecule has 0 unspecified atom stereocenters. The highest BCUT2D eigenvalue weighted by Crippen LogP contribution is 2.44. The number of hydrogen-bond donors (Lipinski definition) is 0. The van der Waals surface area contributed by atoms with E-state index in [0.29, 0.717) is 5.41 Å². The van der Waals surface area contributed by atoms with Crippen LogP contribution in [0.3, 0.4) is 0 Å². The average Bonchev–Trinajstić information content (AvgIpc) is 2.56. The summed E-state index contributed by atoms with van der Waals surface area (Å²) in [4.78, 5) is 2.66. The van der Waals surface area contributed by atoms with Gasteiger partial charge in [-0.05, 0) is 49.1 Å². The number of nitrogens with zero attached hydrogens (tertiary/aromatic N) is 1. The highest BCUT2D eigenvalue weighted by atomic mass is 79.9. The SMILES string of the molecule is BrCC1(CN2CCCCc3ccccc32)CCC1. The Morgan fingerprint density at radius 2 is 1.94 bits per heavy atom. The summed E-state index contributed by atoms with van der Waals surface area (Å²) in [5, 5.41) is 1.17. The van der Waals surface area contributed by atoms with Crippen LogP contribution in [-0.2, 0) is 6.42 Å². The first-order chi connectivity index (χ1) is 8.83. The molecule has 1 aromatic rings. The Bertz CT molecular complexity index is 406. The van der Waals surface area contributed by atoms with Gasteiger partial charge in [-0.3, -0.25) is 0 Å². The number of fused-ring (bicyclic) bond motifs is 1. The highest BCUT2D eigenvalue weighted by Gasteiger charge is 2.37. The van der Waals surface area contributed by atoms with E-state index in [4.69, 9.17) is 0 Å². The van der Waals surface area contributed by atoms with Crippen molar-refractivity contribution >= 4 is 21.6 Å². The van der Waals surface area contributed by atoms with Crippen LogP contribution < -0.4 is 4.90 Å². The molecule has 0 saturated heterocycles. The van der Waals surface area contributed by atoms with Gasteiger partial charge in [-0.15, -0.1) is 0 Å². The Kier molecular flexibility index (Phi) is 3.65. The summed E-state index contributed by atoms with van der Waals surface area (Å²) in [7, 11) is 0. The number of halogens is 1. The maximum Gasteiger partial charge on any atom is 0.0398 e. The Labute approximate surface area is 119 Å². The van der Waals surface area contributed by atoms with E-state index >= 15 is 0 Å². The van der Waals surface area contributed by atoms with Crippen LogP contribution in [0.15, 0.2) is 24.3 Å². The molecule has 0 atom stereocenters. The first-order valence-electron chi connectivity index (χ1n) is 7.22. The summed E-state index contributed by atoms with van der Waals surface area (Å²) in [6.45, 7) is 2.49. The standard InChI is InChI=1S/C16H22BrN/c17-12-16(9-5-10-16)13-18-11-4-3-7-14-6-1-2-8-15(14)18/h1-2,6,8H,3-5,7,9-13H2. The van der Waals surface area contributed by atoms with E-state index in [1.807, 2.05) is 0 Å². The highest BCUT2D eigenvalue weighted by molar-refractivity contribution is 9.09. The third-order valence-electron chi connectivity index (χ3n) is 4.68. The van der Waals surface area contributed by atoms with Crippen LogP contribution >= 0.6 is 15.9 Å². The molecule has 3 rings (SSSR count). The summed E-state index contributed by atoms with van der Waals surface area (Å²) in [5.74, 6) is 0. The number of para-hydroxylation sites is 1. The first-order valence-corrected chi connectivity index (χ1v) is 8.34. The maximum atomic E-state index is 3.74. The third kappa shape index (κ3) is 2.32. The molecule has 18 heavy (non-hydrogen) atoms. The second-order valence-corrected chi connectivity index (χ2v) is 6.56. The van der Waals surface area contributed by atoms with Gasteiger partial charge in [0.05, 0.1) is 0 Å². The molecular formula is C16H22BrN. The fourth-order valence-electron chi connectivity index (χ4n) is 3.35. The molecule has 98 valence electrons. The van der Waals surface area contributed by atoms with Crippen LogP contribution in [0.2, 0.25) is 0 Å². The second kappa shape index (κ2) is 5.24. The van der Waals surface area contributed by atoms with Gasteiger partial charge in [0.1, 0.15) is 0 Å². The van der Waals surface area contributed by atoms with Crippen molar-refractivity contribution in [2.45, 2.75) is 38.5 Å². The molecular weight excluding hydrogens is 286 g/mol. The minimum absolute atomic E-state index is 0.553. The smallest absolute Gasteiger partial charge is 0.0398 e. The Hall–Kier alpha value is -0.500. The molecule has 0 radical (unpaired) electrons. The Balaban J connectivity index is 1.83. The lowest BCUT2D eigenvalue weighted by Crippen LogP contribution is -2.44. The van der Waals surface area contributed by atoms with Gasteiger partial charge in [0.15, 0.2) is 0 Å². The van der Waals surface area contributed by atoms with Gasteiger partial charge >= 0.3 is 0 Å². The van der Waals surface area contributed by atoms with Crippen molar-refractivity contribution in [2.24, 2.45) is 5.41 Å². The minimum atomic E-state index is 0.553. The molecule has 0 bridgehead atoms. The fourth-order valence-corrected chi connectivity index (χ4v) is 4.09. The van der Waals surface area contributed by atoms with E-state index in [-0.39, 0.29) is 0 Å². The van der Waals surface area contributed by atoms with E-state index in [2.05, 4.69) is 45.1 Å². The molecule has 0 aromatic heterocycles. The quantitative estimate of drug-likeness (QED) is 0.748. The minimum Gasteiger partial charge on any atom is -0.371 e. The lowest BCUT2D eigenvalue weighted by Gasteiger charge is -2.44. The van der Waals surface area contributed by atoms with E-state index in [1.54, 1.807) is 5.56 Å². The van der Waals surface area contributed by atoms with E-state index in [0.717, 1.165) is 0 Å². The van der Waals surface area contributed by atoms with Gasteiger partial charge in [0.25, 0.3) is 0 Å². The second-order valence-electron chi connectivity index (χ2n) is 5.99. The molecule has 1 nitrogen and oxygen atoms in total. The van der Waals surface area contributed by atoms with Crippen LogP contribution in [0, 0.1) is 5.41 Å². The number of alkyl halides is 1. The van der Waals surface area contributed by atoms with Crippen molar-refractivity contribution in [3.05, 3.63) is 29.8 Å². The zero-order valence-electron chi connectivity index (χ0n) is 11.0. The number of benzene rings is 1. The predicted octanol–water partition coefficient (Wildman–Crippen LogP) is 4.39. The summed E-state index contributed by atoms with van der Waals surface area (Å²) in [5.41, 5.74) is 3.61. The van der Waals surface area contributed by atoms with Gasteiger partial charge in [-0.25, -0.2) is 0 Å². The maximum absolute atomic E-state index is 3.74. The number of aryl methyl sites for hydroxylation is 1. The fraction of sp³-hybridized carbons (Fsp3) is 0.625. The predicted molar refractivity (Wildman–Crippen MR) is 81.7 cm³/mol. The number of hydrogen-bond acceptors (Lipinski definition) is 1. The van der Waals surface area contributed by atoms with Crippen LogP contribution in [0.1, 0.15) is 37.7 Å².